The number of methoxy groups -OCH3 is 2. The molecule has 1 aliphatic carbocycles. The first kappa shape index (κ1) is 27.3. The van der Waals surface area contributed by atoms with Crippen molar-refractivity contribution in [2.75, 3.05) is 64.0 Å². The zero-order valence-corrected chi connectivity index (χ0v) is 24.2. The lowest BCUT2D eigenvalue weighted by atomic mass is 10.1. The smallest absolute Gasteiger partial charge is 0.227 e. The van der Waals surface area contributed by atoms with Gasteiger partial charge in [0.15, 0.2) is 0 Å². The zero-order chi connectivity index (χ0) is 28.2. The Hall–Kier alpha value is -4.24. The van der Waals surface area contributed by atoms with Crippen LogP contribution in [0.2, 0.25) is 0 Å². The van der Waals surface area contributed by atoms with Crippen molar-refractivity contribution < 1.29 is 9.47 Å². The van der Waals surface area contributed by atoms with E-state index >= 15 is 0 Å². The van der Waals surface area contributed by atoms with Gasteiger partial charge in [0.05, 0.1) is 42.5 Å². The fourth-order valence-electron chi connectivity index (χ4n) is 4.82. The summed E-state index contributed by atoms with van der Waals surface area (Å²) in [6.45, 7) is 3.80. The second-order valence-electron chi connectivity index (χ2n) is 10.4. The normalized spacial score (nSPS) is 13.3. The van der Waals surface area contributed by atoms with Crippen molar-refractivity contribution >= 4 is 33.9 Å². The number of nitrogens with zero attached hydrogens (tertiary/aromatic N) is 5. The van der Waals surface area contributed by atoms with Gasteiger partial charge in [0.25, 0.3) is 0 Å². The largest absolute Gasteiger partial charge is 0.497 e. The first-order chi connectivity index (χ1) is 19.4. The van der Waals surface area contributed by atoms with Crippen LogP contribution in [0, 0.1) is 0 Å². The van der Waals surface area contributed by atoms with Crippen LogP contribution in [0.5, 0.6) is 11.5 Å². The number of nitrogens with one attached hydrogen (secondary N) is 2. The lowest BCUT2D eigenvalue weighted by molar-refractivity contribution is 0.413. The van der Waals surface area contributed by atoms with Crippen molar-refractivity contribution in [1.82, 2.24) is 19.4 Å². The van der Waals surface area contributed by atoms with Gasteiger partial charge in [0.2, 0.25) is 5.95 Å². The molecule has 9 nitrogen and oxygen atoms in total. The van der Waals surface area contributed by atoms with Gasteiger partial charge in [-0.2, -0.15) is 0 Å². The number of fused-ring (bicyclic) bond motifs is 1. The maximum absolute atomic E-state index is 5.81. The van der Waals surface area contributed by atoms with Gasteiger partial charge in [-0.3, -0.25) is 0 Å². The average Bonchev–Trinajstić information content (AvgIpc) is 3.74. The summed E-state index contributed by atoms with van der Waals surface area (Å²) in [4.78, 5) is 13.9. The van der Waals surface area contributed by atoms with Crippen LogP contribution in [0.3, 0.4) is 0 Å². The Morgan fingerprint density at radius 3 is 2.55 bits per heavy atom. The van der Waals surface area contributed by atoms with Gasteiger partial charge in [0.1, 0.15) is 11.5 Å². The quantitative estimate of drug-likeness (QED) is 0.222. The minimum Gasteiger partial charge on any atom is -0.497 e. The number of aromatic nitrogens is 3. The maximum Gasteiger partial charge on any atom is 0.227 e. The molecule has 9 heteroatoms. The van der Waals surface area contributed by atoms with Crippen LogP contribution in [0.1, 0.15) is 25.8 Å². The highest BCUT2D eigenvalue weighted by Gasteiger charge is 2.26. The summed E-state index contributed by atoms with van der Waals surface area (Å²) in [6, 6.07) is 12.8. The van der Waals surface area contributed by atoms with Crippen molar-refractivity contribution in [3.8, 4) is 22.8 Å². The van der Waals surface area contributed by atoms with E-state index in [9.17, 15) is 0 Å². The fourth-order valence-corrected chi connectivity index (χ4v) is 4.82. The zero-order valence-electron chi connectivity index (χ0n) is 24.2. The van der Waals surface area contributed by atoms with E-state index in [1.165, 1.54) is 18.4 Å². The number of ether oxygens (including phenoxy) is 2. The molecular formula is C31H39N7O2. The molecule has 0 unspecified atom stereocenters. The second-order valence-corrected chi connectivity index (χ2v) is 10.4. The summed E-state index contributed by atoms with van der Waals surface area (Å²) in [6.07, 6.45) is 10.3. The topological polar surface area (TPSA) is 79.7 Å². The van der Waals surface area contributed by atoms with Crippen LogP contribution in [-0.2, 0) is 0 Å². The van der Waals surface area contributed by atoms with Crippen LogP contribution in [-0.4, -0.2) is 67.9 Å². The second kappa shape index (κ2) is 11.9. The number of hydrogen-bond donors (Lipinski definition) is 2. The average molecular weight is 542 g/mol. The molecule has 2 heterocycles. The highest BCUT2D eigenvalue weighted by atomic mass is 16.5. The summed E-state index contributed by atoms with van der Waals surface area (Å²) in [5.74, 6) is 2.07. The monoisotopic (exact) mass is 541 g/mol. The third-order valence-electron chi connectivity index (χ3n) is 7.18. The number of likely N-dealkylation sites (N-methyl/N-ethyl adjacent to an activating group) is 2. The van der Waals surface area contributed by atoms with Crippen molar-refractivity contribution in [2.45, 2.75) is 25.8 Å². The summed E-state index contributed by atoms with van der Waals surface area (Å²) in [5, 5.41) is 7.97. The third kappa shape index (κ3) is 5.84. The van der Waals surface area contributed by atoms with Crippen LogP contribution < -0.4 is 25.0 Å². The molecule has 1 aliphatic rings. The Bertz CT molecular complexity index is 1510. The Morgan fingerprint density at radius 1 is 1.02 bits per heavy atom. The minimum absolute atomic E-state index is 0.502. The molecule has 0 amide bonds. The van der Waals surface area contributed by atoms with E-state index in [4.69, 9.17) is 14.5 Å². The molecule has 0 atom stereocenters. The van der Waals surface area contributed by atoms with Crippen molar-refractivity contribution in [1.29, 1.82) is 0 Å². The van der Waals surface area contributed by atoms with Crippen molar-refractivity contribution in [2.24, 2.45) is 0 Å². The van der Waals surface area contributed by atoms with Gasteiger partial charge < -0.3 is 34.5 Å². The number of hydrogen-bond acceptors (Lipinski definition) is 8. The van der Waals surface area contributed by atoms with E-state index in [1.54, 1.807) is 20.4 Å². The standard InChI is InChI=1S/C31H39N7O2/c1-7-13-32-26-18-27(30(40-6)19-29(26)37(4)16-15-36(2)3)35-31-33-14-12-25(34-31)24-20-38(21-8-9-21)28-17-22(39-5)10-11-23(24)28/h7,10-14,17-21,32H,8-9,15-16H2,1-6H3,(H,33,34,35). The molecule has 1 fully saturated rings. The molecule has 0 aliphatic heterocycles. The Morgan fingerprint density at radius 2 is 1.85 bits per heavy atom. The van der Waals surface area contributed by atoms with E-state index in [0.717, 1.165) is 52.5 Å². The molecule has 4 aromatic rings. The van der Waals surface area contributed by atoms with E-state index in [0.29, 0.717) is 17.7 Å². The van der Waals surface area contributed by atoms with E-state index < -0.39 is 0 Å². The first-order valence-electron chi connectivity index (χ1n) is 13.7. The Kier molecular flexibility index (Phi) is 8.11. The van der Waals surface area contributed by atoms with Gasteiger partial charge >= 0.3 is 0 Å². The molecule has 2 aromatic heterocycles. The fraction of sp³-hybridized carbons (Fsp3) is 0.355. The molecule has 0 spiro atoms. The molecule has 1 saturated carbocycles. The van der Waals surface area contributed by atoms with Gasteiger partial charge in [-0.1, -0.05) is 6.08 Å². The molecule has 210 valence electrons. The number of anilines is 4. The van der Waals surface area contributed by atoms with Gasteiger partial charge in [0, 0.05) is 61.7 Å². The minimum atomic E-state index is 0.502. The highest BCUT2D eigenvalue weighted by Crippen LogP contribution is 2.42. The molecule has 40 heavy (non-hydrogen) atoms. The summed E-state index contributed by atoms with van der Waals surface area (Å²) >= 11 is 0. The van der Waals surface area contributed by atoms with E-state index in [2.05, 4.69) is 69.5 Å². The molecule has 5 rings (SSSR count). The molecule has 0 saturated heterocycles. The van der Waals surface area contributed by atoms with Gasteiger partial charge in [-0.05, 0) is 64.3 Å². The Labute approximate surface area is 236 Å². The maximum atomic E-state index is 5.81. The third-order valence-corrected chi connectivity index (χ3v) is 7.18. The first-order valence-corrected chi connectivity index (χ1v) is 13.7. The molecule has 2 aromatic carbocycles. The summed E-state index contributed by atoms with van der Waals surface area (Å²) < 4.78 is 13.7. The van der Waals surface area contributed by atoms with E-state index in [1.807, 2.05) is 43.5 Å². The number of allylic oxidation sites excluding steroid dienone is 1. The lowest BCUT2D eigenvalue weighted by Crippen LogP contribution is -2.28. The van der Waals surface area contributed by atoms with Crippen molar-refractivity contribution in [3.05, 3.63) is 61.1 Å². The summed E-state index contributed by atoms with van der Waals surface area (Å²) in [7, 11) is 9.63. The van der Waals surface area contributed by atoms with E-state index in [-0.39, 0.29) is 0 Å². The summed E-state index contributed by atoms with van der Waals surface area (Å²) in [5.41, 5.74) is 5.89. The van der Waals surface area contributed by atoms with Crippen LogP contribution in [0.25, 0.3) is 22.2 Å². The molecule has 2 N–H and O–H groups in total. The number of benzene rings is 2. The molecule has 0 bridgehead atoms. The van der Waals surface area contributed by atoms with Crippen LogP contribution in [0.15, 0.2) is 61.1 Å². The van der Waals surface area contributed by atoms with Crippen LogP contribution >= 0.6 is 0 Å². The predicted molar refractivity (Wildman–Crippen MR) is 164 cm³/mol. The predicted octanol–water partition coefficient (Wildman–Crippen LogP) is 6.14. The highest BCUT2D eigenvalue weighted by molar-refractivity contribution is 5.96. The van der Waals surface area contributed by atoms with Gasteiger partial charge in [-0.25, -0.2) is 9.97 Å². The lowest BCUT2D eigenvalue weighted by Gasteiger charge is -2.25. The number of rotatable bonds is 12. The molecular weight excluding hydrogens is 502 g/mol. The SMILES string of the molecule is CC=CNc1cc(Nc2nccc(-c3cn(C4CC4)c4cc(OC)ccc34)n2)c(OC)cc1N(C)CCN(C)C. The van der Waals surface area contributed by atoms with Crippen molar-refractivity contribution in [3.63, 3.8) is 0 Å². The Balaban J connectivity index is 1.49. The molecule has 0 radical (unpaired) electrons. The van der Waals surface area contributed by atoms with Crippen LogP contribution in [0.4, 0.5) is 23.0 Å². The van der Waals surface area contributed by atoms with Gasteiger partial charge in [-0.15, -0.1) is 0 Å².